The maximum absolute atomic E-state index is 14.1. The van der Waals surface area contributed by atoms with Crippen molar-refractivity contribution in [2.45, 2.75) is 87.5 Å². The van der Waals surface area contributed by atoms with Gasteiger partial charge in [-0.1, -0.05) is 56.3 Å². The van der Waals surface area contributed by atoms with Gasteiger partial charge in [0.05, 0.1) is 25.4 Å². The summed E-state index contributed by atoms with van der Waals surface area (Å²) in [5.74, 6) is -7.86. The molecule has 0 heterocycles. The molecule has 2 aromatic carbocycles. The van der Waals surface area contributed by atoms with E-state index in [2.05, 4.69) is 31.9 Å². The smallest absolute Gasteiger partial charge is 0.305 e. The number of carbonyl (C=O) groups is 8. The van der Waals surface area contributed by atoms with Crippen molar-refractivity contribution in [1.82, 2.24) is 31.9 Å². The Bertz CT molecular complexity index is 1790. The lowest BCUT2D eigenvalue weighted by molar-refractivity contribution is -0.140. The van der Waals surface area contributed by atoms with Crippen LogP contribution in [0.3, 0.4) is 0 Å². The molecule has 0 unspecified atom stereocenters. The number of hydrogen-bond acceptors (Lipinski definition) is 10. The third kappa shape index (κ3) is 10.1. The first-order valence-electron chi connectivity index (χ1n) is 17.7. The number of aliphatic hydroxyl groups excluding tert-OH is 1. The van der Waals surface area contributed by atoms with Gasteiger partial charge in [0.15, 0.2) is 0 Å². The molecule has 0 saturated heterocycles. The molecule has 18 heteroatoms. The minimum Gasteiger partial charge on any atom is -0.481 e. The number of aliphatic hydroxyl groups is 1. The summed E-state index contributed by atoms with van der Waals surface area (Å²) in [6.07, 6.45) is -0.640. The number of nitrogens with two attached hydrogens (primary N) is 2. The van der Waals surface area contributed by atoms with E-state index in [9.17, 15) is 43.5 Å². The largest absolute Gasteiger partial charge is 0.481 e. The Morgan fingerprint density at radius 1 is 0.852 bits per heavy atom. The third-order valence-corrected chi connectivity index (χ3v) is 9.53. The van der Waals surface area contributed by atoms with Crippen molar-refractivity contribution in [2.75, 3.05) is 19.7 Å². The Morgan fingerprint density at radius 2 is 1.54 bits per heavy atom. The molecule has 5 atom stereocenters. The lowest BCUT2D eigenvalue weighted by atomic mass is 9.97. The number of nitrogens with one attached hydrogen (secondary N) is 6. The predicted octanol–water partition coefficient (Wildman–Crippen LogP) is -2.25. The van der Waals surface area contributed by atoms with Crippen molar-refractivity contribution < 1.29 is 48.6 Å². The predicted molar refractivity (Wildman–Crippen MR) is 193 cm³/mol. The highest BCUT2D eigenvalue weighted by atomic mass is 16.4. The number of carboxylic acid groups (broad SMARTS) is 1. The molecule has 4 rings (SSSR count). The fraction of sp³-hybridized carbons (Fsp3) is 0.500. The van der Waals surface area contributed by atoms with Gasteiger partial charge >= 0.3 is 5.97 Å². The summed E-state index contributed by atoms with van der Waals surface area (Å²) in [5.41, 5.74) is 8.83. The van der Waals surface area contributed by atoms with Gasteiger partial charge < -0.3 is 53.6 Å². The van der Waals surface area contributed by atoms with Crippen molar-refractivity contribution in [1.29, 1.82) is 0 Å². The molecule has 2 aliphatic rings. The van der Waals surface area contributed by atoms with E-state index in [-0.39, 0.29) is 39.0 Å². The molecule has 0 aromatic heterocycles. The van der Waals surface area contributed by atoms with Crippen LogP contribution in [-0.4, -0.2) is 106 Å². The Balaban J connectivity index is 1.50. The van der Waals surface area contributed by atoms with Crippen LogP contribution in [0.25, 0.3) is 10.8 Å². The molecule has 292 valence electrons. The summed E-state index contributed by atoms with van der Waals surface area (Å²) < 4.78 is 0. The topological polar surface area (TPSA) is 301 Å². The molecular weight excluding hydrogens is 704 g/mol. The van der Waals surface area contributed by atoms with E-state index >= 15 is 0 Å². The summed E-state index contributed by atoms with van der Waals surface area (Å²) in [7, 11) is 0. The van der Waals surface area contributed by atoms with Gasteiger partial charge in [-0.2, -0.15) is 0 Å². The second-order valence-electron chi connectivity index (χ2n) is 14.1. The molecule has 2 aromatic rings. The van der Waals surface area contributed by atoms with Gasteiger partial charge in [-0.25, -0.2) is 0 Å². The van der Waals surface area contributed by atoms with Crippen molar-refractivity contribution in [3.63, 3.8) is 0 Å². The zero-order valence-electron chi connectivity index (χ0n) is 30.1. The van der Waals surface area contributed by atoms with E-state index in [4.69, 9.17) is 16.6 Å². The Morgan fingerprint density at radius 3 is 2.17 bits per heavy atom. The number of carbonyl (C=O) groups excluding carboxylic acids is 7. The molecule has 18 nitrogen and oxygen atoms in total. The van der Waals surface area contributed by atoms with E-state index in [1.165, 1.54) is 0 Å². The highest BCUT2D eigenvalue weighted by molar-refractivity contribution is 6.03. The minimum atomic E-state index is -1.68. The van der Waals surface area contributed by atoms with E-state index < -0.39 is 101 Å². The highest BCUT2D eigenvalue weighted by Crippen LogP contribution is 2.53. The van der Waals surface area contributed by atoms with E-state index in [1.54, 1.807) is 26.0 Å². The van der Waals surface area contributed by atoms with E-state index in [0.717, 1.165) is 10.8 Å². The second-order valence-corrected chi connectivity index (χ2v) is 14.1. The monoisotopic (exact) mass is 752 g/mol. The average molecular weight is 753 g/mol. The quantitative estimate of drug-likeness (QED) is 0.0645. The number of hydrogen-bond donors (Lipinski definition) is 10. The summed E-state index contributed by atoms with van der Waals surface area (Å²) in [5, 5.41) is 35.1. The minimum absolute atomic E-state index is 0.0542. The van der Waals surface area contributed by atoms with Gasteiger partial charge in [0.1, 0.15) is 23.2 Å². The third-order valence-electron chi connectivity index (χ3n) is 9.53. The zero-order chi connectivity index (χ0) is 39.8. The van der Waals surface area contributed by atoms with Crippen LogP contribution in [0.5, 0.6) is 0 Å². The fourth-order valence-corrected chi connectivity index (χ4v) is 6.25. The number of amides is 7. The Kier molecular flexibility index (Phi) is 13.3. The van der Waals surface area contributed by atoms with Crippen molar-refractivity contribution in [3.8, 4) is 0 Å². The fourth-order valence-electron chi connectivity index (χ4n) is 6.25. The summed E-state index contributed by atoms with van der Waals surface area (Å²) >= 11 is 0. The van der Waals surface area contributed by atoms with Crippen molar-refractivity contribution in [3.05, 3.63) is 48.0 Å². The second kappa shape index (κ2) is 17.5. The molecule has 2 saturated carbocycles. The number of carboxylic acids is 1. The SMILES string of the molecule is CC(C)[C@H](NC(=O)C1(NC(=O)[C@H](CC(N)=O)NC(=O)[C@@]2(NC(=O)[C@@H](N)CC(=O)O)C[C@H]2c2cccc3ccccc23)CC1)C(=O)NCC(=O)NCCCO. The molecular formula is C36H48N8O10. The van der Waals surface area contributed by atoms with Crippen LogP contribution < -0.4 is 43.4 Å². The van der Waals surface area contributed by atoms with Crippen LogP contribution in [-0.2, 0) is 38.4 Å². The summed E-state index contributed by atoms with van der Waals surface area (Å²) in [4.78, 5) is 103. The van der Waals surface area contributed by atoms with Crippen LogP contribution >= 0.6 is 0 Å². The molecule has 0 radical (unpaired) electrons. The maximum Gasteiger partial charge on any atom is 0.305 e. The first-order chi connectivity index (χ1) is 25.5. The highest BCUT2D eigenvalue weighted by Gasteiger charge is 2.63. The van der Waals surface area contributed by atoms with Gasteiger partial charge in [0.25, 0.3) is 0 Å². The van der Waals surface area contributed by atoms with Crippen LogP contribution in [0, 0.1) is 5.92 Å². The number of benzene rings is 2. The van der Waals surface area contributed by atoms with Gasteiger partial charge in [-0.15, -0.1) is 0 Å². The molecule has 2 aliphatic carbocycles. The molecule has 0 spiro atoms. The van der Waals surface area contributed by atoms with Gasteiger partial charge in [-0.05, 0) is 47.9 Å². The normalized spacial score (nSPS) is 19.7. The Labute approximate surface area is 310 Å². The van der Waals surface area contributed by atoms with Crippen LogP contribution in [0.4, 0.5) is 0 Å². The molecule has 0 aliphatic heterocycles. The first-order valence-corrected chi connectivity index (χ1v) is 17.7. The molecule has 54 heavy (non-hydrogen) atoms. The summed E-state index contributed by atoms with van der Waals surface area (Å²) in [6, 6.07) is 8.63. The Hall–Kier alpha value is -5.62. The van der Waals surface area contributed by atoms with Crippen LogP contribution in [0.2, 0.25) is 0 Å². The van der Waals surface area contributed by atoms with Crippen LogP contribution in [0.1, 0.15) is 63.9 Å². The van der Waals surface area contributed by atoms with Gasteiger partial charge in [-0.3, -0.25) is 38.4 Å². The van der Waals surface area contributed by atoms with Crippen molar-refractivity contribution >= 4 is 58.1 Å². The standard InChI is InChI=1S/C36H48N8O10/c1-19(2)29(32(52)40-18-27(47)39-13-6-14-45)42-33(53)35(11-12-35)43-31(51)25(16-26(38)46)41-34(54)36(44-30(50)24(37)15-28(48)49)17-23(36)22-10-5-8-20-7-3-4-9-21(20)22/h3-5,7-10,19,23-25,29,45H,6,11-18,37H2,1-2H3,(H2,38,46)(H,39,47)(H,40,52)(H,41,54)(H,42,53)(H,43,51)(H,44,50)(H,48,49)/t23-,24-,25-,29-,36+/m0/s1. The van der Waals surface area contributed by atoms with Gasteiger partial charge in [0.2, 0.25) is 41.4 Å². The van der Waals surface area contributed by atoms with E-state index in [0.29, 0.717) is 12.0 Å². The number of primary amides is 1. The van der Waals surface area contributed by atoms with Crippen molar-refractivity contribution in [2.24, 2.45) is 17.4 Å². The van der Waals surface area contributed by atoms with Crippen LogP contribution in [0.15, 0.2) is 42.5 Å². The number of rotatable bonds is 20. The summed E-state index contributed by atoms with van der Waals surface area (Å²) in [6.45, 7) is 3.09. The number of fused-ring (bicyclic) bond motifs is 1. The molecule has 12 N–H and O–H groups in total. The lowest BCUT2D eigenvalue weighted by Crippen LogP contribution is -2.61. The van der Waals surface area contributed by atoms with E-state index in [1.807, 2.05) is 30.3 Å². The molecule has 7 amide bonds. The number of aliphatic carboxylic acids is 1. The maximum atomic E-state index is 14.1. The molecule has 2 fully saturated rings. The average Bonchev–Trinajstić information content (AvgIpc) is 4.05. The van der Waals surface area contributed by atoms with Gasteiger partial charge in [0, 0.05) is 19.1 Å². The first kappa shape index (κ1) is 41.1. The lowest BCUT2D eigenvalue weighted by Gasteiger charge is -2.27. The molecule has 0 bridgehead atoms. The zero-order valence-corrected chi connectivity index (χ0v) is 30.1.